The van der Waals surface area contributed by atoms with E-state index in [1.165, 1.54) is 18.9 Å². The van der Waals surface area contributed by atoms with Gasteiger partial charge < -0.3 is 5.32 Å². The van der Waals surface area contributed by atoms with Gasteiger partial charge in [-0.05, 0) is 43.5 Å². The Morgan fingerprint density at radius 1 is 1.50 bits per heavy atom. The Balaban J connectivity index is 1.89. The van der Waals surface area contributed by atoms with Crippen LogP contribution in [0.5, 0.6) is 0 Å². The SMILES string of the molecule is CCC1CCNC(c2nc3ccc(F)cc3s2)C1. The van der Waals surface area contributed by atoms with Gasteiger partial charge in [0.2, 0.25) is 0 Å². The van der Waals surface area contributed by atoms with E-state index >= 15 is 0 Å². The predicted octanol–water partition coefficient (Wildman–Crippen LogP) is 3.89. The van der Waals surface area contributed by atoms with Crippen molar-refractivity contribution in [2.24, 2.45) is 5.92 Å². The molecule has 2 atom stereocenters. The fraction of sp³-hybridized carbons (Fsp3) is 0.500. The van der Waals surface area contributed by atoms with Crippen LogP contribution in [0.25, 0.3) is 10.2 Å². The van der Waals surface area contributed by atoms with Gasteiger partial charge in [0.15, 0.2) is 0 Å². The molecular formula is C14H17FN2S. The number of aromatic nitrogens is 1. The molecule has 0 aliphatic carbocycles. The molecule has 1 aromatic carbocycles. The monoisotopic (exact) mass is 264 g/mol. The van der Waals surface area contributed by atoms with Crippen LogP contribution in [0.1, 0.15) is 37.2 Å². The molecule has 2 heterocycles. The maximum absolute atomic E-state index is 13.2. The maximum Gasteiger partial charge on any atom is 0.124 e. The van der Waals surface area contributed by atoms with E-state index in [4.69, 9.17) is 0 Å². The lowest BCUT2D eigenvalue weighted by atomic mass is 9.91. The first kappa shape index (κ1) is 12.1. The molecule has 4 heteroatoms. The molecule has 1 saturated heterocycles. The summed E-state index contributed by atoms with van der Waals surface area (Å²) in [4.78, 5) is 4.64. The Kier molecular flexibility index (Phi) is 3.31. The lowest BCUT2D eigenvalue weighted by molar-refractivity contribution is 0.299. The maximum atomic E-state index is 13.2. The fourth-order valence-corrected chi connectivity index (χ4v) is 3.70. The number of piperidine rings is 1. The summed E-state index contributed by atoms with van der Waals surface area (Å²) in [6.45, 7) is 3.31. The zero-order chi connectivity index (χ0) is 12.5. The summed E-state index contributed by atoms with van der Waals surface area (Å²) in [6.07, 6.45) is 3.64. The van der Waals surface area contributed by atoms with Crippen LogP contribution in [0.2, 0.25) is 0 Å². The second kappa shape index (κ2) is 4.94. The van der Waals surface area contributed by atoms with Gasteiger partial charge in [-0.2, -0.15) is 0 Å². The summed E-state index contributed by atoms with van der Waals surface area (Å²) in [5.41, 5.74) is 0.914. The number of rotatable bonds is 2. The predicted molar refractivity (Wildman–Crippen MR) is 73.3 cm³/mol. The molecule has 1 fully saturated rings. The third-order valence-corrected chi connectivity index (χ3v) is 4.89. The van der Waals surface area contributed by atoms with Gasteiger partial charge in [-0.15, -0.1) is 11.3 Å². The highest BCUT2D eigenvalue weighted by Crippen LogP contribution is 2.33. The average molecular weight is 264 g/mol. The zero-order valence-corrected chi connectivity index (χ0v) is 11.3. The van der Waals surface area contributed by atoms with Gasteiger partial charge in [-0.3, -0.25) is 0 Å². The fourth-order valence-electron chi connectivity index (χ4n) is 2.62. The summed E-state index contributed by atoms with van der Waals surface area (Å²) in [7, 11) is 0. The van der Waals surface area contributed by atoms with Gasteiger partial charge in [0.1, 0.15) is 10.8 Å². The van der Waals surface area contributed by atoms with Gasteiger partial charge in [0, 0.05) is 0 Å². The van der Waals surface area contributed by atoms with E-state index < -0.39 is 0 Å². The molecule has 0 amide bonds. The van der Waals surface area contributed by atoms with E-state index in [0.717, 1.165) is 34.1 Å². The molecule has 0 radical (unpaired) electrons. The van der Waals surface area contributed by atoms with Gasteiger partial charge in [-0.1, -0.05) is 13.3 Å². The van der Waals surface area contributed by atoms with Crippen molar-refractivity contribution < 1.29 is 4.39 Å². The number of hydrogen-bond acceptors (Lipinski definition) is 3. The van der Waals surface area contributed by atoms with Crippen molar-refractivity contribution in [3.8, 4) is 0 Å². The molecule has 1 aliphatic heterocycles. The van der Waals surface area contributed by atoms with Crippen molar-refractivity contribution >= 4 is 21.6 Å². The Labute approximate surface area is 110 Å². The van der Waals surface area contributed by atoms with Crippen molar-refractivity contribution in [2.45, 2.75) is 32.2 Å². The van der Waals surface area contributed by atoms with Crippen LogP contribution in [0.3, 0.4) is 0 Å². The largest absolute Gasteiger partial charge is 0.308 e. The van der Waals surface area contributed by atoms with Crippen LogP contribution >= 0.6 is 11.3 Å². The molecule has 3 rings (SSSR count). The minimum atomic E-state index is -0.180. The molecule has 1 N–H and O–H groups in total. The topological polar surface area (TPSA) is 24.9 Å². The number of nitrogens with zero attached hydrogens (tertiary/aromatic N) is 1. The first-order chi connectivity index (χ1) is 8.76. The highest BCUT2D eigenvalue weighted by Gasteiger charge is 2.24. The summed E-state index contributed by atoms with van der Waals surface area (Å²) in [5, 5.41) is 4.63. The number of nitrogens with one attached hydrogen (secondary N) is 1. The minimum absolute atomic E-state index is 0.180. The molecule has 0 bridgehead atoms. The number of thiazole rings is 1. The number of fused-ring (bicyclic) bond motifs is 1. The number of benzene rings is 1. The Morgan fingerprint density at radius 3 is 3.22 bits per heavy atom. The van der Waals surface area contributed by atoms with Crippen molar-refractivity contribution in [1.29, 1.82) is 0 Å². The molecule has 18 heavy (non-hydrogen) atoms. The third-order valence-electron chi connectivity index (χ3n) is 3.75. The van der Waals surface area contributed by atoms with Crippen LogP contribution in [0.15, 0.2) is 18.2 Å². The van der Waals surface area contributed by atoms with Crippen LogP contribution in [-0.2, 0) is 0 Å². The number of hydrogen-bond donors (Lipinski definition) is 1. The van der Waals surface area contributed by atoms with Crippen LogP contribution in [0.4, 0.5) is 4.39 Å². The van der Waals surface area contributed by atoms with E-state index in [1.54, 1.807) is 23.5 Å². The highest BCUT2D eigenvalue weighted by atomic mass is 32.1. The highest BCUT2D eigenvalue weighted by molar-refractivity contribution is 7.18. The zero-order valence-electron chi connectivity index (χ0n) is 10.4. The van der Waals surface area contributed by atoms with Crippen molar-refractivity contribution in [1.82, 2.24) is 10.3 Å². The van der Waals surface area contributed by atoms with Gasteiger partial charge >= 0.3 is 0 Å². The second-order valence-corrected chi connectivity index (χ2v) is 6.03. The summed E-state index contributed by atoms with van der Waals surface area (Å²) in [5.74, 6) is 0.612. The average Bonchev–Trinajstić information content (AvgIpc) is 2.81. The summed E-state index contributed by atoms with van der Waals surface area (Å²) in [6, 6.07) is 5.18. The molecule has 0 spiro atoms. The van der Waals surface area contributed by atoms with E-state index in [1.807, 2.05) is 0 Å². The Bertz CT molecular complexity index is 552. The molecule has 1 aromatic heterocycles. The van der Waals surface area contributed by atoms with Gasteiger partial charge in [0.05, 0.1) is 16.3 Å². The second-order valence-electron chi connectivity index (χ2n) is 4.97. The molecule has 96 valence electrons. The molecular weight excluding hydrogens is 247 g/mol. The van der Waals surface area contributed by atoms with E-state index in [9.17, 15) is 4.39 Å². The van der Waals surface area contributed by atoms with E-state index in [2.05, 4.69) is 17.2 Å². The van der Waals surface area contributed by atoms with Crippen LogP contribution in [0, 0.1) is 11.7 Å². The van der Waals surface area contributed by atoms with Crippen molar-refractivity contribution in [3.63, 3.8) is 0 Å². The normalized spacial score (nSPS) is 24.6. The summed E-state index contributed by atoms with van der Waals surface area (Å²) >= 11 is 1.62. The van der Waals surface area contributed by atoms with Crippen LogP contribution in [-0.4, -0.2) is 11.5 Å². The molecule has 2 nitrogen and oxygen atoms in total. The Morgan fingerprint density at radius 2 is 2.39 bits per heavy atom. The third kappa shape index (κ3) is 2.27. The quantitative estimate of drug-likeness (QED) is 0.890. The van der Waals surface area contributed by atoms with Crippen molar-refractivity contribution in [2.75, 3.05) is 6.54 Å². The lowest BCUT2D eigenvalue weighted by Gasteiger charge is -2.28. The lowest BCUT2D eigenvalue weighted by Crippen LogP contribution is -2.31. The smallest absolute Gasteiger partial charge is 0.124 e. The molecule has 0 saturated carbocycles. The van der Waals surface area contributed by atoms with Gasteiger partial charge in [-0.25, -0.2) is 9.37 Å². The minimum Gasteiger partial charge on any atom is -0.308 e. The van der Waals surface area contributed by atoms with Crippen LogP contribution < -0.4 is 5.32 Å². The van der Waals surface area contributed by atoms with Gasteiger partial charge in [0.25, 0.3) is 0 Å². The Hall–Kier alpha value is -1.000. The summed E-state index contributed by atoms with van der Waals surface area (Å²) < 4.78 is 14.1. The molecule has 1 aliphatic rings. The molecule has 2 unspecified atom stereocenters. The molecule has 2 aromatic rings. The first-order valence-electron chi connectivity index (χ1n) is 6.55. The standard InChI is InChI=1S/C14H17FN2S/c1-2-9-5-6-16-12(7-9)14-17-11-4-3-10(15)8-13(11)18-14/h3-4,8-9,12,16H,2,5-7H2,1H3. The van der Waals surface area contributed by atoms with Crippen molar-refractivity contribution in [3.05, 3.63) is 29.0 Å². The van der Waals surface area contributed by atoms with E-state index in [-0.39, 0.29) is 5.82 Å². The first-order valence-corrected chi connectivity index (χ1v) is 7.37. The van der Waals surface area contributed by atoms with E-state index in [0.29, 0.717) is 6.04 Å². The number of halogens is 1.